The molecule has 3 nitrogen and oxygen atoms in total. The van der Waals surface area contributed by atoms with E-state index in [4.69, 9.17) is 4.42 Å². The van der Waals surface area contributed by atoms with E-state index in [-0.39, 0.29) is 5.82 Å². The Hall–Kier alpha value is -1.81. The molecule has 0 aliphatic heterocycles. The number of para-hydroxylation sites is 1. The van der Waals surface area contributed by atoms with E-state index in [2.05, 4.69) is 0 Å². The Kier molecular flexibility index (Phi) is 4.22. The number of rotatable bonds is 5. The molecule has 0 amide bonds. The monoisotopic (exact) mass is 263 g/mol. The van der Waals surface area contributed by atoms with Crippen molar-refractivity contribution < 1.29 is 13.9 Å². The van der Waals surface area contributed by atoms with Crippen LogP contribution in [0.1, 0.15) is 31.3 Å². The summed E-state index contributed by atoms with van der Waals surface area (Å²) in [6.07, 6.45) is 0.886. The van der Waals surface area contributed by atoms with Crippen molar-refractivity contribution in [1.82, 2.24) is 0 Å². The maximum absolute atomic E-state index is 14.1. The Bertz CT molecular complexity index is 523. The van der Waals surface area contributed by atoms with Crippen LogP contribution < -0.4 is 4.90 Å². The summed E-state index contributed by atoms with van der Waals surface area (Å²) in [6, 6.07) is 8.42. The average molecular weight is 263 g/mol. The number of benzene rings is 1. The molecule has 0 radical (unpaired) electrons. The summed E-state index contributed by atoms with van der Waals surface area (Å²) < 4.78 is 19.4. The van der Waals surface area contributed by atoms with Crippen molar-refractivity contribution in [2.75, 3.05) is 11.4 Å². The summed E-state index contributed by atoms with van der Waals surface area (Å²) in [4.78, 5) is 1.86. The molecule has 0 bridgehead atoms. The van der Waals surface area contributed by atoms with Gasteiger partial charge in [0.15, 0.2) is 0 Å². The molecule has 19 heavy (non-hydrogen) atoms. The van der Waals surface area contributed by atoms with Gasteiger partial charge in [-0.3, -0.25) is 0 Å². The maximum atomic E-state index is 14.1. The molecule has 0 spiro atoms. The van der Waals surface area contributed by atoms with Crippen LogP contribution in [0.2, 0.25) is 0 Å². The third-order valence-corrected chi connectivity index (χ3v) is 3.09. The number of aliphatic hydroxyl groups is 1. The van der Waals surface area contributed by atoms with E-state index in [0.29, 0.717) is 24.3 Å². The zero-order valence-corrected chi connectivity index (χ0v) is 11.1. The highest BCUT2D eigenvalue weighted by Gasteiger charge is 2.18. The standard InChI is InChI=1S/C15H18FNO2/c1-3-17(10-12-6-5-9-19-12)15-13(11(2)18)7-4-8-14(15)16/h4-9,11,18H,3,10H2,1-2H3/t11-/m1/s1. The molecule has 0 unspecified atom stereocenters. The van der Waals surface area contributed by atoms with Crippen LogP contribution in [0.4, 0.5) is 10.1 Å². The number of hydrogen-bond donors (Lipinski definition) is 1. The number of furan rings is 1. The van der Waals surface area contributed by atoms with Gasteiger partial charge < -0.3 is 14.4 Å². The van der Waals surface area contributed by atoms with E-state index in [1.807, 2.05) is 17.9 Å². The predicted octanol–water partition coefficient (Wildman–Crippen LogP) is 3.50. The minimum absolute atomic E-state index is 0.327. The van der Waals surface area contributed by atoms with Gasteiger partial charge in [-0.25, -0.2) is 4.39 Å². The number of anilines is 1. The van der Waals surface area contributed by atoms with Gasteiger partial charge in [-0.1, -0.05) is 12.1 Å². The van der Waals surface area contributed by atoms with Gasteiger partial charge in [0, 0.05) is 12.1 Å². The van der Waals surface area contributed by atoms with E-state index in [9.17, 15) is 9.50 Å². The molecule has 0 fully saturated rings. The summed E-state index contributed by atoms with van der Waals surface area (Å²) in [5.74, 6) is 0.438. The molecule has 0 saturated carbocycles. The maximum Gasteiger partial charge on any atom is 0.146 e. The van der Waals surface area contributed by atoms with E-state index < -0.39 is 6.10 Å². The van der Waals surface area contributed by atoms with Crippen molar-refractivity contribution >= 4 is 5.69 Å². The van der Waals surface area contributed by atoms with Crippen LogP contribution in [0, 0.1) is 5.82 Å². The highest BCUT2D eigenvalue weighted by molar-refractivity contribution is 5.55. The quantitative estimate of drug-likeness (QED) is 0.897. The molecule has 1 aromatic carbocycles. The van der Waals surface area contributed by atoms with Crippen molar-refractivity contribution in [3.63, 3.8) is 0 Å². The summed E-state index contributed by atoms with van der Waals surface area (Å²) in [7, 11) is 0. The first-order chi connectivity index (χ1) is 9.13. The molecule has 1 aromatic heterocycles. The Morgan fingerprint density at radius 1 is 1.32 bits per heavy atom. The van der Waals surface area contributed by atoms with Crippen molar-refractivity contribution in [1.29, 1.82) is 0 Å². The van der Waals surface area contributed by atoms with E-state index in [0.717, 1.165) is 5.76 Å². The molecule has 4 heteroatoms. The Morgan fingerprint density at radius 3 is 2.68 bits per heavy atom. The molecule has 1 N–H and O–H groups in total. The van der Waals surface area contributed by atoms with Gasteiger partial charge in [0.05, 0.1) is 24.6 Å². The van der Waals surface area contributed by atoms with Crippen molar-refractivity contribution in [3.8, 4) is 0 Å². The lowest BCUT2D eigenvalue weighted by Crippen LogP contribution is -2.24. The lowest BCUT2D eigenvalue weighted by Gasteiger charge is -2.26. The summed E-state index contributed by atoms with van der Waals surface area (Å²) in [5, 5.41) is 9.78. The van der Waals surface area contributed by atoms with Crippen molar-refractivity contribution in [2.24, 2.45) is 0 Å². The lowest BCUT2D eigenvalue weighted by molar-refractivity contribution is 0.199. The molecule has 2 rings (SSSR count). The van der Waals surface area contributed by atoms with Gasteiger partial charge in [0.25, 0.3) is 0 Å². The van der Waals surface area contributed by atoms with E-state index >= 15 is 0 Å². The first kappa shape index (κ1) is 13.6. The molecule has 2 aromatic rings. The summed E-state index contributed by atoms with van der Waals surface area (Å²) in [5.41, 5.74) is 1.03. The normalized spacial score (nSPS) is 12.4. The van der Waals surface area contributed by atoms with Crippen LogP contribution in [-0.4, -0.2) is 11.7 Å². The number of aliphatic hydroxyl groups excluding tert-OH is 1. The van der Waals surface area contributed by atoms with Crippen LogP contribution in [0.15, 0.2) is 41.0 Å². The molecule has 1 heterocycles. The molecular weight excluding hydrogens is 245 g/mol. The molecule has 0 saturated heterocycles. The topological polar surface area (TPSA) is 36.6 Å². The van der Waals surface area contributed by atoms with Gasteiger partial charge in [0.1, 0.15) is 11.6 Å². The van der Waals surface area contributed by atoms with Crippen LogP contribution in [0.5, 0.6) is 0 Å². The zero-order chi connectivity index (χ0) is 13.8. The summed E-state index contributed by atoms with van der Waals surface area (Å²) >= 11 is 0. The van der Waals surface area contributed by atoms with Crippen LogP contribution in [0.3, 0.4) is 0 Å². The Labute approximate surface area is 112 Å². The molecule has 0 aliphatic carbocycles. The van der Waals surface area contributed by atoms with Gasteiger partial charge in [0.2, 0.25) is 0 Å². The van der Waals surface area contributed by atoms with Gasteiger partial charge in [-0.2, -0.15) is 0 Å². The van der Waals surface area contributed by atoms with Crippen LogP contribution in [-0.2, 0) is 6.54 Å². The number of hydrogen-bond acceptors (Lipinski definition) is 3. The van der Waals surface area contributed by atoms with Gasteiger partial charge in [-0.05, 0) is 32.0 Å². The second kappa shape index (κ2) is 5.89. The first-order valence-electron chi connectivity index (χ1n) is 6.37. The average Bonchev–Trinajstić information content (AvgIpc) is 2.89. The highest BCUT2D eigenvalue weighted by atomic mass is 19.1. The molecule has 1 atom stereocenters. The molecule has 102 valence electrons. The predicted molar refractivity (Wildman–Crippen MR) is 72.5 cm³/mol. The molecule has 0 aliphatic rings. The van der Waals surface area contributed by atoms with Crippen LogP contribution in [0.25, 0.3) is 0 Å². The third-order valence-electron chi connectivity index (χ3n) is 3.09. The van der Waals surface area contributed by atoms with Crippen molar-refractivity contribution in [3.05, 3.63) is 53.7 Å². The zero-order valence-electron chi connectivity index (χ0n) is 11.1. The highest BCUT2D eigenvalue weighted by Crippen LogP contribution is 2.30. The Morgan fingerprint density at radius 2 is 2.11 bits per heavy atom. The second-order valence-electron chi connectivity index (χ2n) is 4.45. The van der Waals surface area contributed by atoms with Gasteiger partial charge >= 0.3 is 0 Å². The number of halogens is 1. The molecular formula is C15H18FNO2. The van der Waals surface area contributed by atoms with Crippen LogP contribution >= 0.6 is 0 Å². The SMILES string of the molecule is CCN(Cc1ccco1)c1c(F)cccc1[C@@H](C)O. The third kappa shape index (κ3) is 2.96. The Balaban J connectivity index is 2.37. The fourth-order valence-electron chi connectivity index (χ4n) is 2.14. The van der Waals surface area contributed by atoms with Crippen molar-refractivity contribution in [2.45, 2.75) is 26.5 Å². The minimum atomic E-state index is -0.712. The fraction of sp³-hybridized carbons (Fsp3) is 0.333. The fourth-order valence-corrected chi connectivity index (χ4v) is 2.14. The van der Waals surface area contributed by atoms with E-state index in [1.54, 1.807) is 31.4 Å². The smallest absolute Gasteiger partial charge is 0.146 e. The van der Waals surface area contributed by atoms with Gasteiger partial charge in [-0.15, -0.1) is 0 Å². The van der Waals surface area contributed by atoms with E-state index in [1.165, 1.54) is 6.07 Å². The number of nitrogens with zero attached hydrogens (tertiary/aromatic N) is 1. The minimum Gasteiger partial charge on any atom is -0.467 e. The summed E-state index contributed by atoms with van der Waals surface area (Å²) in [6.45, 7) is 4.69. The largest absolute Gasteiger partial charge is 0.467 e. The first-order valence-corrected chi connectivity index (χ1v) is 6.37. The lowest BCUT2D eigenvalue weighted by atomic mass is 10.1. The second-order valence-corrected chi connectivity index (χ2v) is 4.45.